The fraction of sp³-hybridized carbons (Fsp3) is 0.133. The van der Waals surface area contributed by atoms with Gasteiger partial charge in [-0.3, -0.25) is 4.79 Å². The number of furan rings is 1. The molecule has 0 unspecified atom stereocenters. The number of rotatable bonds is 6. The van der Waals surface area contributed by atoms with Gasteiger partial charge < -0.3 is 14.5 Å². The fourth-order valence-electron chi connectivity index (χ4n) is 1.57. The van der Waals surface area contributed by atoms with Crippen LogP contribution in [0.3, 0.4) is 0 Å². The van der Waals surface area contributed by atoms with Crippen molar-refractivity contribution in [3.8, 4) is 5.75 Å². The molecule has 0 radical (unpaired) electrons. The third kappa shape index (κ3) is 4.03. The Morgan fingerprint density at radius 3 is 2.90 bits per heavy atom. The number of carbonyl (C=O) groups excluding carboxylic acids is 1. The first-order valence-electron chi connectivity index (χ1n) is 6.16. The Bertz CT molecular complexity index is 652. The molecule has 0 aliphatic rings. The molecule has 1 amide bonds. The minimum atomic E-state index is -0.304. The largest absolute Gasteiger partial charge is 0.484 e. The average molecular weight is 326 g/mol. The highest BCUT2D eigenvalue weighted by molar-refractivity contribution is 6.42. The van der Waals surface area contributed by atoms with E-state index in [1.165, 1.54) is 0 Å². The van der Waals surface area contributed by atoms with Crippen molar-refractivity contribution in [2.45, 2.75) is 6.61 Å². The van der Waals surface area contributed by atoms with Crippen LogP contribution in [0.5, 0.6) is 5.75 Å². The monoisotopic (exact) mass is 325 g/mol. The minimum absolute atomic E-state index is 0.148. The molecule has 1 aromatic carbocycles. The van der Waals surface area contributed by atoms with E-state index >= 15 is 0 Å². The van der Waals surface area contributed by atoms with Crippen molar-refractivity contribution in [1.29, 1.82) is 0 Å². The molecule has 21 heavy (non-hydrogen) atoms. The Hall–Kier alpha value is -1.91. The number of halogens is 2. The lowest BCUT2D eigenvalue weighted by Crippen LogP contribution is -2.22. The molecule has 0 aliphatic carbocycles. The maximum atomic E-state index is 11.7. The van der Waals surface area contributed by atoms with Gasteiger partial charge in [-0.1, -0.05) is 35.3 Å². The third-order valence-corrected chi connectivity index (χ3v) is 3.38. The lowest BCUT2D eigenvalue weighted by molar-refractivity contribution is 0.0926. The molecule has 2 rings (SSSR count). The van der Waals surface area contributed by atoms with Gasteiger partial charge in [-0.15, -0.1) is 6.58 Å². The van der Waals surface area contributed by atoms with Crippen molar-refractivity contribution in [2.75, 3.05) is 6.54 Å². The highest BCUT2D eigenvalue weighted by atomic mass is 35.5. The lowest BCUT2D eigenvalue weighted by Gasteiger charge is -2.07. The first kappa shape index (κ1) is 15.5. The van der Waals surface area contributed by atoms with Crippen LogP contribution < -0.4 is 10.1 Å². The SMILES string of the molecule is C=CCNC(=O)c1ccc(COc2cccc(Cl)c2Cl)o1. The van der Waals surface area contributed by atoms with Gasteiger partial charge in [0.1, 0.15) is 23.1 Å². The van der Waals surface area contributed by atoms with E-state index in [2.05, 4.69) is 11.9 Å². The van der Waals surface area contributed by atoms with Gasteiger partial charge in [-0.05, 0) is 24.3 Å². The summed E-state index contributed by atoms with van der Waals surface area (Å²) in [6.45, 7) is 4.05. The van der Waals surface area contributed by atoms with Gasteiger partial charge in [0.15, 0.2) is 5.76 Å². The second kappa shape index (κ2) is 7.20. The van der Waals surface area contributed by atoms with Gasteiger partial charge >= 0.3 is 0 Å². The van der Waals surface area contributed by atoms with E-state index in [1.54, 1.807) is 36.4 Å². The standard InChI is InChI=1S/C15H13Cl2NO3/c1-2-8-18-15(19)13-7-6-10(21-13)9-20-12-5-3-4-11(16)14(12)17/h2-7H,1,8-9H2,(H,18,19). The maximum absolute atomic E-state index is 11.7. The average Bonchev–Trinajstić information content (AvgIpc) is 2.95. The summed E-state index contributed by atoms with van der Waals surface area (Å²) in [4.78, 5) is 11.7. The molecule has 1 N–H and O–H groups in total. The normalized spacial score (nSPS) is 10.2. The quantitative estimate of drug-likeness (QED) is 0.814. The molecule has 0 bridgehead atoms. The second-order valence-corrected chi connectivity index (χ2v) is 4.89. The zero-order chi connectivity index (χ0) is 15.2. The lowest BCUT2D eigenvalue weighted by atomic mass is 10.3. The van der Waals surface area contributed by atoms with Gasteiger partial charge in [0.2, 0.25) is 0 Å². The molecule has 0 saturated carbocycles. The molecule has 0 aliphatic heterocycles. The molecule has 0 fully saturated rings. The van der Waals surface area contributed by atoms with Crippen LogP contribution in [0.4, 0.5) is 0 Å². The predicted molar refractivity (Wildman–Crippen MR) is 82.0 cm³/mol. The summed E-state index contributed by atoms with van der Waals surface area (Å²) >= 11 is 11.9. The minimum Gasteiger partial charge on any atom is -0.484 e. The van der Waals surface area contributed by atoms with Crippen LogP contribution in [0.1, 0.15) is 16.3 Å². The second-order valence-electron chi connectivity index (χ2n) is 4.11. The zero-order valence-electron chi connectivity index (χ0n) is 11.1. The molecular weight excluding hydrogens is 313 g/mol. The van der Waals surface area contributed by atoms with Crippen molar-refractivity contribution >= 4 is 29.1 Å². The molecular formula is C15H13Cl2NO3. The summed E-state index contributed by atoms with van der Waals surface area (Å²) in [5, 5.41) is 3.38. The van der Waals surface area contributed by atoms with Crippen molar-refractivity contribution in [3.05, 3.63) is 64.6 Å². The number of ether oxygens (including phenoxy) is 1. The van der Waals surface area contributed by atoms with Crippen molar-refractivity contribution in [3.63, 3.8) is 0 Å². The molecule has 1 heterocycles. The molecule has 4 nitrogen and oxygen atoms in total. The molecule has 0 atom stereocenters. The number of nitrogens with one attached hydrogen (secondary N) is 1. The van der Waals surface area contributed by atoms with Crippen LogP contribution in [-0.4, -0.2) is 12.5 Å². The Morgan fingerprint density at radius 1 is 1.33 bits per heavy atom. The van der Waals surface area contributed by atoms with Gasteiger partial charge in [0, 0.05) is 6.54 Å². The smallest absolute Gasteiger partial charge is 0.287 e. The summed E-state index contributed by atoms with van der Waals surface area (Å²) in [7, 11) is 0. The Morgan fingerprint density at radius 2 is 2.14 bits per heavy atom. The van der Waals surface area contributed by atoms with Gasteiger partial charge in [-0.25, -0.2) is 0 Å². The van der Waals surface area contributed by atoms with Crippen LogP contribution >= 0.6 is 23.2 Å². The van der Waals surface area contributed by atoms with Crippen LogP contribution in [0, 0.1) is 0 Å². The van der Waals surface area contributed by atoms with E-state index in [4.69, 9.17) is 32.4 Å². The van der Waals surface area contributed by atoms with Crippen LogP contribution in [0.25, 0.3) is 0 Å². The summed E-state index contributed by atoms with van der Waals surface area (Å²) in [6.07, 6.45) is 1.59. The van der Waals surface area contributed by atoms with E-state index in [0.29, 0.717) is 28.1 Å². The Balaban J connectivity index is 1.98. The van der Waals surface area contributed by atoms with Crippen molar-refractivity contribution in [2.24, 2.45) is 0 Å². The summed E-state index contributed by atoms with van der Waals surface area (Å²) in [5.74, 6) is 0.877. The molecule has 1 aromatic heterocycles. The number of hydrogen-bond donors (Lipinski definition) is 1. The highest BCUT2D eigenvalue weighted by Gasteiger charge is 2.11. The van der Waals surface area contributed by atoms with E-state index in [9.17, 15) is 4.79 Å². The molecule has 2 aromatic rings. The number of amides is 1. The van der Waals surface area contributed by atoms with Gasteiger partial charge in [0.05, 0.1) is 5.02 Å². The Labute approximate surface area is 132 Å². The van der Waals surface area contributed by atoms with E-state index < -0.39 is 0 Å². The van der Waals surface area contributed by atoms with Crippen LogP contribution in [0.2, 0.25) is 10.0 Å². The predicted octanol–water partition coefficient (Wildman–Crippen LogP) is 4.08. The van der Waals surface area contributed by atoms with Gasteiger partial charge in [-0.2, -0.15) is 0 Å². The van der Waals surface area contributed by atoms with Crippen LogP contribution in [-0.2, 0) is 6.61 Å². The van der Waals surface area contributed by atoms with E-state index in [-0.39, 0.29) is 18.3 Å². The topological polar surface area (TPSA) is 51.5 Å². The van der Waals surface area contributed by atoms with E-state index in [0.717, 1.165) is 0 Å². The number of benzene rings is 1. The van der Waals surface area contributed by atoms with E-state index in [1.807, 2.05) is 0 Å². The number of carbonyl (C=O) groups is 1. The summed E-state index contributed by atoms with van der Waals surface area (Å²) in [5.41, 5.74) is 0. The molecule has 0 saturated heterocycles. The first-order chi connectivity index (χ1) is 10.1. The molecule has 110 valence electrons. The van der Waals surface area contributed by atoms with Crippen LogP contribution in [0.15, 0.2) is 47.4 Å². The zero-order valence-corrected chi connectivity index (χ0v) is 12.6. The van der Waals surface area contributed by atoms with Crippen molar-refractivity contribution < 1.29 is 13.9 Å². The summed E-state index contributed by atoms with van der Waals surface area (Å²) < 4.78 is 10.9. The first-order valence-corrected chi connectivity index (χ1v) is 6.92. The fourth-order valence-corrected chi connectivity index (χ4v) is 1.92. The summed E-state index contributed by atoms with van der Waals surface area (Å²) in [6, 6.07) is 8.36. The molecule has 6 heteroatoms. The Kier molecular flexibility index (Phi) is 5.31. The highest BCUT2D eigenvalue weighted by Crippen LogP contribution is 2.31. The van der Waals surface area contributed by atoms with Crippen molar-refractivity contribution in [1.82, 2.24) is 5.32 Å². The van der Waals surface area contributed by atoms with Gasteiger partial charge in [0.25, 0.3) is 5.91 Å². The third-order valence-electron chi connectivity index (χ3n) is 2.58. The maximum Gasteiger partial charge on any atom is 0.287 e. The molecule has 0 spiro atoms. The number of hydrogen-bond acceptors (Lipinski definition) is 3.